The SMILES string of the molecule is CC1CN(Cc2ccc(S(=O)(=O)N3CCCC3)o2)CC(C)(C)O1. The molecule has 0 N–H and O–H groups in total. The van der Waals surface area contributed by atoms with Crippen LogP contribution in [0.15, 0.2) is 21.6 Å². The number of furan rings is 1. The van der Waals surface area contributed by atoms with Gasteiger partial charge in [-0.05, 0) is 45.7 Å². The maximum absolute atomic E-state index is 12.5. The Hall–Kier alpha value is -0.890. The fourth-order valence-corrected chi connectivity index (χ4v) is 5.01. The number of rotatable bonds is 4. The Labute approximate surface area is 138 Å². The van der Waals surface area contributed by atoms with Crippen molar-refractivity contribution in [3.05, 3.63) is 17.9 Å². The molecule has 2 aliphatic heterocycles. The predicted molar refractivity (Wildman–Crippen MR) is 86.6 cm³/mol. The van der Waals surface area contributed by atoms with Crippen LogP contribution in [-0.4, -0.2) is 55.5 Å². The van der Waals surface area contributed by atoms with Crippen molar-refractivity contribution < 1.29 is 17.6 Å². The van der Waals surface area contributed by atoms with Gasteiger partial charge in [-0.25, -0.2) is 8.42 Å². The van der Waals surface area contributed by atoms with Crippen molar-refractivity contribution in [2.45, 2.75) is 57.0 Å². The molecule has 23 heavy (non-hydrogen) atoms. The lowest BCUT2D eigenvalue weighted by atomic mass is 10.1. The Bertz CT molecular complexity index is 647. The smallest absolute Gasteiger partial charge is 0.276 e. The number of nitrogens with zero attached hydrogens (tertiary/aromatic N) is 2. The van der Waals surface area contributed by atoms with E-state index < -0.39 is 10.0 Å². The van der Waals surface area contributed by atoms with Crippen LogP contribution in [0.2, 0.25) is 0 Å². The summed E-state index contributed by atoms with van der Waals surface area (Å²) < 4.78 is 38.0. The van der Waals surface area contributed by atoms with E-state index in [-0.39, 0.29) is 16.8 Å². The molecule has 2 saturated heterocycles. The number of morpholine rings is 1. The molecule has 2 fully saturated rings. The highest BCUT2D eigenvalue weighted by molar-refractivity contribution is 7.89. The van der Waals surface area contributed by atoms with Gasteiger partial charge >= 0.3 is 0 Å². The topological polar surface area (TPSA) is 63.0 Å². The molecular weight excluding hydrogens is 316 g/mol. The molecule has 0 saturated carbocycles. The third-order valence-corrected chi connectivity index (χ3v) is 6.09. The molecular formula is C16H26N2O4S. The highest BCUT2D eigenvalue weighted by atomic mass is 32.2. The van der Waals surface area contributed by atoms with E-state index in [1.807, 2.05) is 0 Å². The predicted octanol–water partition coefficient (Wildman–Crippen LogP) is 2.06. The van der Waals surface area contributed by atoms with Crippen molar-refractivity contribution in [2.24, 2.45) is 0 Å². The van der Waals surface area contributed by atoms with E-state index in [2.05, 4.69) is 25.7 Å². The quantitative estimate of drug-likeness (QED) is 0.838. The molecule has 0 radical (unpaired) electrons. The van der Waals surface area contributed by atoms with Gasteiger partial charge in [-0.2, -0.15) is 4.31 Å². The lowest BCUT2D eigenvalue weighted by Gasteiger charge is -2.41. The maximum atomic E-state index is 12.5. The Kier molecular flexibility index (Phi) is 4.57. The van der Waals surface area contributed by atoms with E-state index >= 15 is 0 Å². The van der Waals surface area contributed by atoms with Crippen LogP contribution in [0, 0.1) is 0 Å². The summed E-state index contributed by atoms with van der Waals surface area (Å²) in [6, 6.07) is 3.36. The lowest BCUT2D eigenvalue weighted by molar-refractivity contribution is -0.131. The van der Waals surface area contributed by atoms with E-state index in [1.165, 1.54) is 4.31 Å². The molecule has 3 rings (SSSR count). The molecule has 0 aliphatic carbocycles. The molecule has 0 amide bonds. The molecule has 0 spiro atoms. The molecule has 130 valence electrons. The largest absolute Gasteiger partial charge is 0.447 e. The minimum atomic E-state index is -3.47. The van der Waals surface area contributed by atoms with Gasteiger partial charge in [0.15, 0.2) is 0 Å². The fourth-order valence-electron chi connectivity index (χ4n) is 3.56. The van der Waals surface area contributed by atoms with E-state index in [4.69, 9.17) is 9.15 Å². The van der Waals surface area contributed by atoms with Crippen molar-refractivity contribution in [1.29, 1.82) is 0 Å². The Morgan fingerprint density at radius 1 is 1.26 bits per heavy atom. The first-order chi connectivity index (χ1) is 10.8. The summed E-state index contributed by atoms with van der Waals surface area (Å²) in [6.45, 7) is 9.60. The number of sulfonamides is 1. The second-order valence-electron chi connectivity index (χ2n) is 7.19. The van der Waals surface area contributed by atoms with Crippen molar-refractivity contribution in [1.82, 2.24) is 9.21 Å². The van der Waals surface area contributed by atoms with Gasteiger partial charge in [0, 0.05) is 26.2 Å². The summed E-state index contributed by atoms with van der Waals surface area (Å²) in [5.41, 5.74) is -0.200. The van der Waals surface area contributed by atoms with E-state index in [9.17, 15) is 8.42 Å². The van der Waals surface area contributed by atoms with Crippen molar-refractivity contribution in [3.63, 3.8) is 0 Å². The Balaban J connectivity index is 1.70. The molecule has 7 heteroatoms. The molecule has 1 aromatic rings. The van der Waals surface area contributed by atoms with Gasteiger partial charge in [-0.1, -0.05) is 0 Å². The van der Waals surface area contributed by atoms with Crippen LogP contribution in [0.3, 0.4) is 0 Å². The number of ether oxygens (including phenoxy) is 1. The van der Waals surface area contributed by atoms with Crippen LogP contribution in [0.1, 0.15) is 39.4 Å². The van der Waals surface area contributed by atoms with Gasteiger partial charge in [0.1, 0.15) is 5.76 Å². The zero-order valence-corrected chi connectivity index (χ0v) is 14.9. The highest BCUT2D eigenvalue weighted by Crippen LogP contribution is 2.25. The van der Waals surface area contributed by atoms with E-state index in [1.54, 1.807) is 12.1 Å². The molecule has 1 unspecified atom stereocenters. The molecule has 0 aromatic carbocycles. The molecule has 0 bridgehead atoms. The second kappa shape index (κ2) is 6.20. The monoisotopic (exact) mass is 342 g/mol. The molecule has 6 nitrogen and oxygen atoms in total. The normalized spacial score (nSPS) is 26.7. The van der Waals surface area contributed by atoms with Crippen molar-refractivity contribution in [2.75, 3.05) is 26.2 Å². The van der Waals surface area contributed by atoms with Gasteiger partial charge in [0.25, 0.3) is 10.0 Å². The van der Waals surface area contributed by atoms with Crippen LogP contribution >= 0.6 is 0 Å². The second-order valence-corrected chi connectivity index (χ2v) is 9.06. The van der Waals surface area contributed by atoms with Gasteiger partial charge < -0.3 is 9.15 Å². The zero-order valence-electron chi connectivity index (χ0n) is 14.1. The summed E-state index contributed by atoms with van der Waals surface area (Å²) in [5, 5.41) is 0.0648. The number of hydrogen-bond donors (Lipinski definition) is 0. The first-order valence-corrected chi connectivity index (χ1v) is 9.69. The minimum Gasteiger partial charge on any atom is -0.447 e. The van der Waals surface area contributed by atoms with Crippen molar-refractivity contribution >= 4 is 10.0 Å². The minimum absolute atomic E-state index is 0.0648. The first kappa shape index (κ1) is 17.0. The first-order valence-electron chi connectivity index (χ1n) is 8.25. The number of hydrogen-bond acceptors (Lipinski definition) is 5. The van der Waals surface area contributed by atoms with Crippen LogP contribution < -0.4 is 0 Å². The molecule has 1 atom stereocenters. The molecule has 2 aliphatic rings. The zero-order chi connectivity index (χ0) is 16.7. The van der Waals surface area contributed by atoms with Gasteiger partial charge in [-0.3, -0.25) is 4.90 Å². The Morgan fingerprint density at radius 3 is 2.61 bits per heavy atom. The van der Waals surface area contributed by atoms with Crippen LogP contribution in [-0.2, 0) is 21.3 Å². The maximum Gasteiger partial charge on any atom is 0.276 e. The third-order valence-electron chi connectivity index (χ3n) is 4.32. The summed E-state index contributed by atoms with van der Waals surface area (Å²) in [7, 11) is -3.47. The molecule has 3 heterocycles. The summed E-state index contributed by atoms with van der Waals surface area (Å²) in [5.74, 6) is 0.688. The van der Waals surface area contributed by atoms with Crippen molar-refractivity contribution in [3.8, 4) is 0 Å². The summed E-state index contributed by atoms with van der Waals surface area (Å²) in [4.78, 5) is 2.25. The van der Waals surface area contributed by atoms with Crippen LogP contribution in [0.25, 0.3) is 0 Å². The standard InChI is InChI=1S/C16H26N2O4S/c1-13-10-17(12-16(2,3)22-13)11-14-6-7-15(21-14)23(19,20)18-8-4-5-9-18/h6-7,13H,4-5,8-12H2,1-3H3. The van der Waals surface area contributed by atoms with E-state index in [0.717, 1.165) is 25.9 Å². The van der Waals surface area contributed by atoms with Gasteiger partial charge in [0.05, 0.1) is 18.2 Å². The fraction of sp³-hybridized carbons (Fsp3) is 0.750. The average Bonchev–Trinajstić information content (AvgIpc) is 3.07. The van der Waals surface area contributed by atoms with Crippen LogP contribution in [0.5, 0.6) is 0 Å². The third kappa shape index (κ3) is 3.79. The average molecular weight is 342 g/mol. The van der Waals surface area contributed by atoms with Gasteiger partial charge in [0.2, 0.25) is 5.09 Å². The molecule has 1 aromatic heterocycles. The van der Waals surface area contributed by atoms with Gasteiger partial charge in [-0.15, -0.1) is 0 Å². The summed E-state index contributed by atoms with van der Waals surface area (Å²) >= 11 is 0. The lowest BCUT2D eigenvalue weighted by Crippen LogP contribution is -2.51. The Morgan fingerprint density at radius 2 is 1.96 bits per heavy atom. The van der Waals surface area contributed by atoms with E-state index in [0.29, 0.717) is 25.4 Å². The summed E-state index contributed by atoms with van der Waals surface area (Å²) in [6.07, 6.45) is 2.00. The highest BCUT2D eigenvalue weighted by Gasteiger charge is 2.33. The van der Waals surface area contributed by atoms with Crippen LogP contribution in [0.4, 0.5) is 0 Å².